The Bertz CT molecular complexity index is 330. The van der Waals surface area contributed by atoms with Crippen LogP contribution < -0.4 is 5.32 Å². The number of rotatable bonds is 8. The first kappa shape index (κ1) is 13.8. The van der Waals surface area contributed by atoms with Crippen molar-refractivity contribution in [3.8, 4) is 0 Å². The highest BCUT2D eigenvalue weighted by Gasteiger charge is 2.18. The molecule has 1 heterocycles. The molecule has 1 aromatic rings. The van der Waals surface area contributed by atoms with Crippen molar-refractivity contribution in [1.29, 1.82) is 0 Å². The summed E-state index contributed by atoms with van der Waals surface area (Å²) in [6.45, 7) is 5.80. The van der Waals surface area contributed by atoms with E-state index in [4.69, 9.17) is 9.52 Å². The van der Waals surface area contributed by atoms with Crippen LogP contribution in [0.3, 0.4) is 0 Å². The van der Waals surface area contributed by atoms with Crippen molar-refractivity contribution in [2.24, 2.45) is 5.41 Å². The molecule has 17 heavy (non-hydrogen) atoms. The minimum Gasteiger partial charge on any atom is -0.481 e. The van der Waals surface area contributed by atoms with Gasteiger partial charge in [-0.05, 0) is 36.9 Å². The zero-order valence-corrected chi connectivity index (χ0v) is 10.5. The Labute approximate surface area is 102 Å². The molecule has 0 bridgehead atoms. The predicted octanol–water partition coefficient (Wildman–Crippen LogP) is 2.65. The first-order valence-electron chi connectivity index (χ1n) is 5.94. The summed E-state index contributed by atoms with van der Waals surface area (Å²) in [5, 5.41) is 11.9. The van der Waals surface area contributed by atoms with Gasteiger partial charge in [0.05, 0.1) is 12.8 Å². The minimum atomic E-state index is -0.721. The summed E-state index contributed by atoms with van der Waals surface area (Å²) in [5.74, 6) is 0.204. The summed E-state index contributed by atoms with van der Waals surface area (Å²) in [7, 11) is 0. The summed E-state index contributed by atoms with van der Waals surface area (Å²) in [4.78, 5) is 10.5. The molecule has 1 rings (SSSR count). The van der Waals surface area contributed by atoms with Crippen molar-refractivity contribution >= 4 is 5.97 Å². The fourth-order valence-electron chi connectivity index (χ4n) is 1.62. The van der Waals surface area contributed by atoms with E-state index in [0.29, 0.717) is 6.42 Å². The van der Waals surface area contributed by atoms with Crippen molar-refractivity contribution in [3.63, 3.8) is 0 Å². The SMILES string of the molecule is CC(C)(CCNCc1ccco1)CCC(=O)O. The van der Waals surface area contributed by atoms with Crippen LogP contribution in [-0.4, -0.2) is 17.6 Å². The molecule has 0 saturated heterocycles. The van der Waals surface area contributed by atoms with Gasteiger partial charge in [0, 0.05) is 6.42 Å². The fourth-order valence-corrected chi connectivity index (χ4v) is 1.62. The van der Waals surface area contributed by atoms with E-state index >= 15 is 0 Å². The molecular formula is C13H21NO3. The lowest BCUT2D eigenvalue weighted by atomic mass is 9.84. The van der Waals surface area contributed by atoms with Gasteiger partial charge in [-0.1, -0.05) is 13.8 Å². The Morgan fingerprint density at radius 1 is 1.47 bits per heavy atom. The monoisotopic (exact) mass is 239 g/mol. The van der Waals surface area contributed by atoms with Gasteiger partial charge in [0.2, 0.25) is 0 Å². The molecule has 0 radical (unpaired) electrons. The second kappa shape index (κ2) is 6.45. The van der Waals surface area contributed by atoms with E-state index in [1.807, 2.05) is 12.1 Å². The molecule has 0 aliphatic carbocycles. The van der Waals surface area contributed by atoms with E-state index in [1.165, 1.54) is 0 Å². The zero-order chi connectivity index (χ0) is 12.7. The first-order valence-corrected chi connectivity index (χ1v) is 5.94. The third-order valence-corrected chi connectivity index (χ3v) is 2.87. The van der Waals surface area contributed by atoms with E-state index in [-0.39, 0.29) is 11.8 Å². The van der Waals surface area contributed by atoms with Gasteiger partial charge in [-0.2, -0.15) is 0 Å². The van der Waals surface area contributed by atoms with Gasteiger partial charge in [-0.25, -0.2) is 0 Å². The van der Waals surface area contributed by atoms with Crippen molar-refractivity contribution in [2.75, 3.05) is 6.54 Å². The van der Waals surface area contributed by atoms with Gasteiger partial charge in [-0.3, -0.25) is 4.79 Å². The van der Waals surface area contributed by atoms with Crippen LogP contribution >= 0.6 is 0 Å². The topological polar surface area (TPSA) is 62.5 Å². The number of hydrogen-bond acceptors (Lipinski definition) is 3. The molecular weight excluding hydrogens is 218 g/mol. The van der Waals surface area contributed by atoms with Crippen LogP contribution in [0.25, 0.3) is 0 Å². The largest absolute Gasteiger partial charge is 0.481 e. The summed E-state index contributed by atoms with van der Waals surface area (Å²) in [6, 6.07) is 3.80. The molecule has 0 spiro atoms. The van der Waals surface area contributed by atoms with E-state index in [1.54, 1.807) is 6.26 Å². The Kier molecular flexibility index (Phi) is 5.22. The highest BCUT2D eigenvalue weighted by molar-refractivity contribution is 5.66. The quantitative estimate of drug-likeness (QED) is 0.685. The fraction of sp³-hybridized carbons (Fsp3) is 0.615. The van der Waals surface area contributed by atoms with Gasteiger partial charge in [-0.15, -0.1) is 0 Å². The molecule has 2 N–H and O–H groups in total. The van der Waals surface area contributed by atoms with Gasteiger partial charge < -0.3 is 14.8 Å². The van der Waals surface area contributed by atoms with Crippen molar-refractivity contribution in [2.45, 2.75) is 39.7 Å². The molecule has 4 heteroatoms. The van der Waals surface area contributed by atoms with E-state index in [2.05, 4.69) is 19.2 Å². The first-order chi connectivity index (χ1) is 7.99. The lowest BCUT2D eigenvalue weighted by Crippen LogP contribution is -2.22. The molecule has 0 amide bonds. The van der Waals surface area contributed by atoms with Crippen LogP contribution in [0.2, 0.25) is 0 Å². The minimum absolute atomic E-state index is 0.0640. The molecule has 4 nitrogen and oxygen atoms in total. The summed E-state index contributed by atoms with van der Waals surface area (Å²) < 4.78 is 5.20. The second-order valence-electron chi connectivity index (χ2n) is 5.06. The Balaban J connectivity index is 2.14. The molecule has 96 valence electrons. The lowest BCUT2D eigenvalue weighted by molar-refractivity contribution is -0.137. The maximum atomic E-state index is 10.5. The molecule has 0 aliphatic rings. The molecule has 0 aromatic carbocycles. The van der Waals surface area contributed by atoms with Crippen LogP contribution in [0.15, 0.2) is 22.8 Å². The maximum Gasteiger partial charge on any atom is 0.303 e. The van der Waals surface area contributed by atoms with E-state index in [9.17, 15) is 4.79 Å². The normalized spacial score (nSPS) is 11.6. The molecule has 0 atom stereocenters. The highest BCUT2D eigenvalue weighted by atomic mass is 16.4. The molecule has 1 aromatic heterocycles. The van der Waals surface area contributed by atoms with Crippen LogP contribution in [0.1, 0.15) is 38.9 Å². The molecule has 0 unspecified atom stereocenters. The molecule has 0 saturated carbocycles. The van der Waals surface area contributed by atoms with Crippen LogP contribution in [0, 0.1) is 5.41 Å². The highest BCUT2D eigenvalue weighted by Crippen LogP contribution is 2.25. The average Bonchev–Trinajstić information content (AvgIpc) is 2.75. The summed E-state index contributed by atoms with van der Waals surface area (Å²) in [5.41, 5.74) is 0.0640. The van der Waals surface area contributed by atoms with Gasteiger partial charge >= 0.3 is 5.97 Å². The zero-order valence-electron chi connectivity index (χ0n) is 10.5. The number of furan rings is 1. The average molecular weight is 239 g/mol. The van der Waals surface area contributed by atoms with Crippen molar-refractivity contribution < 1.29 is 14.3 Å². The number of hydrogen-bond donors (Lipinski definition) is 2. The predicted molar refractivity (Wildman–Crippen MR) is 65.7 cm³/mol. The second-order valence-corrected chi connectivity index (χ2v) is 5.06. The van der Waals surface area contributed by atoms with Crippen LogP contribution in [0.5, 0.6) is 0 Å². The van der Waals surface area contributed by atoms with Crippen LogP contribution in [0.4, 0.5) is 0 Å². The third-order valence-electron chi connectivity index (χ3n) is 2.87. The Morgan fingerprint density at radius 2 is 2.24 bits per heavy atom. The number of carbonyl (C=O) groups is 1. The number of carboxylic acids is 1. The molecule has 0 fully saturated rings. The standard InChI is InChI=1S/C13H21NO3/c1-13(2,6-5-12(15)16)7-8-14-10-11-4-3-9-17-11/h3-4,9,14H,5-8,10H2,1-2H3,(H,15,16). The third kappa shape index (κ3) is 6.12. The summed E-state index contributed by atoms with van der Waals surface area (Å²) in [6.07, 6.45) is 3.57. The van der Waals surface area contributed by atoms with Crippen molar-refractivity contribution in [3.05, 3.63) is 24.2 Å². The van der Waals surface area contributed by atoms with E-state index < -0.39 is 5.97 Å². The molecule has 0 aliphatic heterocycles. The van der Waals surface area contributed by atoms with Gasteiger partial charge in [0.1, 0.15) is 5.76 Å². The van der Waals surface area contributed by atoms with Gasteiger partial charge in [0.25, 0.3) is 0 Å². The number of carboxylic acid groups (broad SMARTS) is 1. The van der Waals surface area contributed by atoms with Gasteiger partial charge in [0.15, 0.2) is 0 Å². The lowest BCUT2D eigenvalue weighted by Gasteiger charge is -2.23. The smallest absolute Gasteiger partial charge is 0.303 e. The van der Waals surface area contributed by atoms with Crippen molar-refractivity contribution in [1.82, 2.24) is 5.32 Å². The Morgan fingerprint density at radius 3 is 2.82 bits per heavy atom. The number of aliphatic carboxylic acids is 1. The van der Waals surface area contributed by atoms with Crippen LogP contribution in [-0.2, 0) is 11.3 Å². The Hall–Kier alpha value is -1.29. The maximum absolute atomic E-state index is 10.5. The summed E-state index contributed by atoms with van der Waals surface area (Å²) >= 11 is 0. The number of nitrogens with one attached hydrogen (secondary N) is 1. The van der Waals surface area contributed by atoms with E-state index in [0.717, 1.165) is 25.3 Å².